The van der Waals surface area contributed by atoms with E-state index in [4.69, 9.17) is 4.43 Å². The topological polar surface area (TPSA) is 9.23 Å². The van der Waals surface area contributed by atoms with Gasteiger partial charge in [0.05, 0.1) is 0 Å². The summed E-state index contributed by atoms with van der Waals surface area (Å²) < 4.78 is 31.8. The fraction of sp³-hybridized carbons (Fsp3) is 0.571. The van der Waals surface area contributed by atoms with E-state index in [0.717, 1.165) is 31.6 Å². The predicted molar refractivity (Wildman–Crippen MR) is 73.2 cm³/mol. The van der Waals surface area contributed by atoms with Crippen molar-refractivity contribution in [2.75, 3.05) is 6.61 Å². The summed E-state index contributed by atoms with van der Waals surface area (Å²) >= 11 is 0. The van der Waals surface area contributed by atoms with Crippen LogP contribution in [0.2, 0.25) is 19.1 Å². The van der Waals surface area contributed by atoms with Crippen LogP contribution in [0.15, 0.2) is 18.2 Å². The number of benzene rings is 1. The Hall–Kier alpha value is -0.743. The van der Waals surface area contributed by atoms with Crippen molar-refractivity contribution in [1.82, 2.24) is 0 Å². The summed E-state index contributed by atoms with van der Waals surface area (Å²) in [4.78, 5) is 0. The van der Waals surface area contributed by atoms with Crippen molar-refractivity contribution < 1.29 is 13.2 Å². The second kappa shape index (κ2) is 7.00. The van der Waals surface area contributed by atoms with Gasteiger partial charge in [-0.05, 0) is 50.5 Å². The van der Waals surface area contributed by atoms with Crippen LogP contribution in [0.25, 0.3) is 0 Å². The van der Waals surface area contributed by atoms with Gasteiger partial charge in [-0.1, -0.05) is 12.5 Å². The Labute approximate surface area is 109 Å². The number of halogens is 2. The molecule has 0 aliphatic heterocycles. The molecule has 0 spiro atoms. The van der Waals surface area contributed by atoms with Crippen molar-refractivity contribution in [3.63, 3.8) is 0 Å². The standard InChI is InChI=1S/C14H22F2OSi/c1-4-17-18(2,3)10-6-5-7-12-8-9-13(15)11-14(12)16/h8-9,11H,4-7,10H2,1-3H3. The van der Waals surface area contributed by atoms with Crippen LogP contribution in [0, 0.1) is 11.6 Å². The third kappa shape index (κ3) is 5.27. The fourth-order valence-electron chi connectivity index (χ4n) is 2.05. The van der Waals surface area contributed by atoms with Gasteiger partial charge < -0.3 is 4.43 Å². The molecule has 0 bridgehead atoms. The molecule has 0 aliphatic carbocycles. The maximum Gasteiger partial charge on any atom is 0.186 e. The van der Waals surface area contributed by atoms with E-state index in [1.165, 1.54) is 12.1 Å². The maximum atomic E-state index is 13.4. The van der Waals surface area contributed by atoms with Gasteiger partial charge in [0.25, 0.3) is 0 Å². The molecule has 1 aromatic rings. The van der Waals surface area contributed by atoms with Gasteiger partial charge in [0.2, 0.25) is 0 Å². The first-order valence-electron chi connectivity index (χ1n) is 6.52. The van der Waals surface area contributed by atoms with Crippen LogP contribution in [0.1, 0.15) is 25.3 Å². The van der Waals surface area contributed by atoms with E-state index >= 15 is 0 Å². The molecular formula is C14H22F2OSi. The summed E-state index contributed by atoms with van der Waals surface area (Å²) in [6.45, 7) is 7.19. The number of rotatable bonds is 7. The summed E-state index contributed by atoms with van der Waals surface area (Å²) in [5.41, 5.74) is 0.604. The van der Waals surface area contributed by atoms with Crippen LogP contribution in [0.5, 0.6) is 0 Å². The quantitative estimate of drug-likeness (QED) is 0.523. The van der Waals surface area contributed by atoms with E-state index in [-0.39, 0.29) is 0 Å². The zero-order valence-corrected chi connectivity index (χ0v) is 12.4. The number of hydrogen-bond acceptors (Lipinski definition) is 1. The molecule has 18 heavy (non-hydrogen) atoms. The third-order valence-electron chi connectivity index (χ3n) is 3.03. The number of aryl methyl sites for hydroxylation is 1. The minimum Gasteiger partial charge on any atom is -0.418 e. The lowest BCUT2D eigenvalue weighted by Crippen LogP contribution is -2.29. The van der Waals surface area contributed by atoms with Crippen molar-refractivity contribution in [2.45, 2.75) is 45.3 Å². The van der Waals surface area contributed by atoms with E-state index < -0.39 is 20.0 Å². The summed E-state index contributed by atoms with van der Waals surface area (Å²) in [6.07, 6.45) is 2.63. The lowest BCUT2D eigenvalue weighted by Gasteiger charge is -2.21. The summed E-state index contributed by atoms with van der Waals surface area (Å²) in [5.74, 6) is -0.947. The van der Waals surface area contributed by atoms with Crippen molar-refractivity contribution >= 4 is 8.32 Å². The molecule has 0 aliphatic rings. The van der Waals surface area contributed by atoms with Crippen LogP contribution in [0.3, 0.4) is 0 Å². The number of unbranched alkanes of at least 4 members (excludes halogenated alkanes) is 1. The van der Waals surface area contributed by atoms with Crippen LogP contribution in [0.4, 0.5) is 8.78 Å². The normalized spacial score (nSPS) is 11.8. The second-order valence-electron chi connectivity index (χ2n) is 5.14. The fourth-order valence-corrected chi connectivity index (χ4v) is 4.08. The highest BCUT2D eigenvalue weighted by Gasteiger charge is 2.20. The van der Waals surface area contributed by atoms with Crippen molar-refractivity contribution in [3.8, 4) is 0 Å². The van der Waals surface area contributed by atoms with E-state index in [0.29, 0.717) is 12.0 Å². The molecule has 0 fully saturated rings. The molecule has 0 heterocycles. The highest BCUT2D eigenvalue weighted by Crippen LogP contribution is 2.18. The van der Waals surface area contributed by atoms with Gasteiger partial charge in [0.1, 0.15) is 11.6 Å². The molecular weight excluding hydrogens is 250 g/mol. The van der Waals surface area contributed by atoms with Crippen LogP contribution < -0.4 is 0 Å². The first-order chi connectivity index (χ1) is 8.44. The van der Waals surface area contributed by atoms with Crippen molar-refractivity contribution in [2.24, 2.45) is 0 Å². The largest absolute Gasteiger partial charge is 0.418 e. The Bertz CT molecular complexity index is 380. The van der Waals surface area contributed by atoms with E-state index in [9.17, 15) is 8.78 Å². The zero-order chi connectivity index (χ0) is 13.6. The first kappa shape index (κ1) is 15.3. The average Bonchev–Trinajstić information content (AvgIpc) is 2.26. The molecule has 0 saturated heterocycles. The lowest BCUT2D eigenvalue weighted by molar-refractivity contribution is 0.327. The molecule has 0 amide bonds. The summed E-state index contributed by atoms with van der Waals surface area (Å²) in [7, 11) is -1.52. The molecule has 0 aromatic heterocycles. The van der Waals surface area contributed by atoms with Crippen molar-refractivity contribution in [1.29, 1.82) is 0 Å². The molecule has 1 nitrogen and oxygen atoms in total. The second-order valence-corrected chi connectivity index (χ2v) is 9.44. The van der Waals surface area contributed by atoms with Gasteiger partial charge in [-0.3, -0.25) is 0 Å². The Morgan fingerprint density at radius 2 is 1.89 bits per heavy atom. The van der Waals surface area contributed by atoms with Gasteiger partial charge in [-0.2, -0.15) is 0 Å². The molecule has 102 valence electrons. The van der Waals surface area contributed by atoms with Gasteiger partial charge in [-0.25, -0.2) is 8.78 Å². The predicted octanol–water partition coefficient (Wildman–Crippen LogP) is 4.53. The molecule has 0 unspecified atom stereocenters. The van der Waals surface area contributed by atoms with Crippen LogP contribution in [-0.2, 0) is 10.8 Å². The average molecular weight is 272 g/mol. The highest BCUT2D eigenvalue weighted by molar-refractivity contribution is 6.71. The van der Waals surface area contributed by atoms with Crippen LogP contribution >= 0.6 is 0 Å². The Morgan fingerprint density at radius 1 is 1.17 bits per heavy atom. The smallest absolute Gasteiger partial charge is 0.186 e. The molecule has 0 atom stereocenters. The Morgan fingerprint density at radius 3 is 2.50 bits per heavy atom. The van der Waals surface area contributed by atoms with Gasteiger partial charge in [0, 0.05) is 12.7 Å². The minimum absolute atomic E-state index is 0.434. The highest BCUT2D eigenvalue weighted by atomic mass is 28.4. The monoisotopic (exact) mass is 272 g/mol. The number of hydrogen-bond donors (Lipinski definition) is 0. The molecule has 1 rings (SSSR count). The Kier molecular flexibility index (Phi) is 5.95. The van der Waals surface area contributed by atoms with Gasteiger partial charge >= 0.3 is 0 Å². The SMILES string of the molecule is CCO[Si](C)(C)CCCCc1ccc(F)cc1F. The van der Waals surface area contributed by atoms with E-state index in [1.54, 1.807) is 0 Å². The van der Waals surface area contributed by atoms with Gasteiger partial charge in [-0.15, -0.1) is 0 Å². The van der Waals surface area contributed by atoms with Crippen molar-refractivity contribution in [3.05, 3.63) is 35.4 Å². The Balaban J connectivity index is 2.34. The maximum absolute atomic E-state index is 13.4. The first-order valence-corrected chi connectivity index (χ1v) is 9.64. The lowest BCUT2D eigenvalue weighted by atomic mass is 10.1. The van der Waals surface area contributed by atoms with E-state index in [1.807, 2.05) is 6.92 Å². The molecule has 4 heteroatoms. The van der Waals surface area contributed by atoms with Crippen LogP contribution in [-0.4, -0.2) is 14.9 Å². The third-order valence-corrected chi connectivity index (χ3v) is 5.65. The zero-order valence-electron chi connectivity index (χ0n) is 11.4. The van der Waals surface area contributed by atoms with E-state index in [2.05, 4.69) is 13.1 Å². The molecule has 1 aromatic carbocycles. The molecule has 0 N–H and O–H groups in total. The molecule has 0 radical (unpaired) electrons. The van der Waals surface area contributed by atoms with Gasteiger partial charge in [0.15, 0.2) is 8.32 Å². The summed E-state index contributed by atoms with van der Waals surface area (Å²) in [5, 5.41) is 0. The molecule has 0 saturated carbocycles. The minimum atomic E-state index is -1.52. The summed E-state index contributed by atoms with van der Waals surface area (Å²) in [6, 6.07) is 4.89.